The third-order valence-corrected chi connectivity index (χ3v) is 4.45. The Morgan fingerprint density at radius 1 is 1.39 bits per heavy atom. The molecule has 0 spiro atoms. The Bertz CT molecular complexity index is 662. The van der Waals surface area contributed by atoms with Crippen molar-refractivity contribution in [1.29, 1.82) is 0 Å². The molecule has 0 radical (unpaired) electrons. The van der Waals surface area contributed by atoms with Gasteiger partial charge < -0.3 is 4.52 Å². The van der Waals surface area contributed by atoms with Gasteiger partial charge in [0.2, 0.25) is 0 Å². The molecule has 2 heterocycles. The molecule has 0 saturated carbocycles. The van der Waals surface area contributed by atoms with E-state index in [4.69, 9.17) is 4.52 Å². The van der Waals surface area contributed by atoms with E-state index < -0.39 is 10.0 Å². The van der Waals surface area contributed by atoms with Gasteiger partial charge in [-0.1, -0.05) is 5.16 Å². The molecule has 0 atom stereocenters. The summed E-state index contributed by atoms with van der Waals surface area (Å²) in [5.74, 6) is 0.463. The number of nitrogens with one attached hydrogen (secondary N) is 1. The average molecular weight is 332 g/mol. The first kappa shape index (κ1) is 13.0. The first-order chi connectivity index (χ1) is 8.42. The van der Waals surface area contributed by atoms with Gasteiger partial charge in [0.15, 0.2) is 16.5 Å². The molecule has 1 N–H and O–H groups in total. The quantitative estimate of drug-likeness (QED) is 0.932. The maximum absolute atomic E-state index is 12.2. The maximum Gasteiger partial charge on any atom is 0.268 e. The van der Waals surface area contributed by atoms with Gasteiger partial charge in [-0.2, -0.15) is 0 Å². The molecule has 6 nitrogen and oxygen atoms in total. The number of aromatic nitrogens is 2. The monoisotopic (exact) mass is 331 g/mol. The molecule has 2 rings (SSSR count). The largest absolute Gasteiger partial charge is 0.360 e. The Morgan fingerprint density at radius 2 is 2.11 bits per heavy atom. The van der Waals surface area contributed by atoms with Gasteiger partial charge in [0.25, 0.3) is 10.0 Å². The number of halogens is 1. The second kappa shape index (κ2) is 4.69. The lowest BCUT2D eigenvalue weighted by atomic mass is 10.4. The van der Waals surface area contributed by atoms with Crippen molar-refractivity contribution in [3.05, 3.63) is 34.3 Å². The summed E-state index contributed by atoms with van der Waals surface area (Å²) in [6.07, 6.45) is 1.50. The zero-order valence-electron chi connectivity index (χ0n) is 9.64. The van der Waals surface area contributed by atoms with Crippen LogP contribution in [0.15, 0.2) is 32.2 Å². The van der Waals surface area contributed by atoms with E-state index in [1.54, 1.807) is 26.0 Å². The molecule has 0 fully saturated rings. The molecule has 0 aliphatic rings. The SMILES string of the molecule is Cc1noc(C)c1S(=O)(=O)Nc1ncccc1Br. The fourth-order valence-corrected chi connectivity index (χ4v) is 3.34. The Balaban J connectivity index is 2.43. The molecular weight excluding hydrogens is 322 g/mol. The van der Waals surface area contributed by atoms with E-state index in [-0.39, 0.29) is 16.5 Å². The third-order valence-electron chi connectivity index (χ3n) is 2.23. The molecule has 0 saturated heterocycles. The van der Waals surface area contributed by atoms with Crippen LogP contribution in [0.25, 0.3) is 0 Å². The highest BCUT2D eigenvalue weighted by Crippen LogP contribution is 2.25. The highest BCUT2D eigenvalue weighted by Gasteiger charge is 2.25. The second-order valence-electron chi connectivity index (χ2n) is 3.59. The molecule has 18 heavy (non-hydrogen) atoms. The first-order valence-corrected chi connectivity index (χ1v) is 7.25. The van der Waals surface area contributed by atoms with Crippen LogP contribution in [0, 0.1) is 13.8 Å². The lowest BCUT2D eigenvalue weighted by Crippen LogP contribution is -2.15. The topological polar surface area (TPSA) is 85.1 Å². The summed E-state index contributed by atoms with van der Waals surface area (Å²) >= 11 is 3.22. The van der Waals surface area contributed by atoms with Crippen LogP contribution in [-0.2, 0) is 10.0 Å². The fourth-order valence-electron chi connectivity index (χ4n) is 1.50. The Labute approximate surface area is 113 Å². The van der Waals surface area contributed by atoms with E-state index in [2.05, 4.69) is 30.8 Å². The minimum absolute atomic E-state index is 0.0417. The van der Waals surface area contributed by atoms with E-state index in [0.29, 0.717) is 10.2 Å². The molecule has 0 aromatic carbocycles. The first-order valence-electron chi connectivity index (χ1n) is 4.98. The van der Waals surface area contributed by atoms with Gasteiger partial charge in [0, 0.05) is 6.20 Å². The normalized spacial score (nSPS) is 11.5. The molecule has 8 heteroatoms. The lowest BCUT2D eigenvalue weighted by Gasteiger charge is -2.07. The van der Waals surface area contributed by atoms with Crippen LogP contribution in [0.2, 0.25) is 0 Å². The molecule has 0 aliphatic carbocycles. The standard InChI is InChI=1S/C10H10BrN3O3S/c1-6-9(7(2)17-13-6)18(15,16)14-10-8(11)4-3-5-12-10/h3-5H,1-2H3,(H,12,14). The summed E-state index contributed by atoms with van der Waals surface area (Å²) in [7, 11) is -3.75. The van der Waals surface area contributed by atoms with Crippen molar-refractivity contribution < 1.29 is 12.9 Å². The molecular formula is C10H10BrN3O3S. The number of rotatable bonds is 3. The van der Waals surface area contributed by atoms with Crippen LogP contribution in [-0.4, -0.2) is 18.6 Å². The molecule has 0 unspecified atom stereocenters. The number of hydrogen-bond acceptors (Lipinski definition) is 5. The van der Waals surface area contributed by atoms with Gasteiger partial charge in [-0.05, 0) is 41.9 Å². The van der Waals surface area contributed by atoms with E-state index in [0.717, 1.165) is 0 Å². The average Bonchev–Trinajstić information content (AvgIpc) is 2.62. The molecule has 2 aromatic rings. The number of pyridine rings is 1. The highest BCUT2D eigenvalue weighted by molar-refractivity contribution is 9.10. The fraction of sp³-hybridized carbons (Fsp3) is 0.200. The van der Waals surface area contributed by atoms with Gasteiger partial charge in [-0.15, -0.1) is 0 Å². The Morgan fingerprint density at radius 3 is 2.67 bits per heavy atom. The molecule has 0 bridgehead atoms. The minimum atomic E-state index is -3.75. The van der Waals surface area contributed by atoms with Crippen molar-refractivity contribution in [1.82, 2.24) is 10.1 Å². The van der Waals surface area contributed by atoms with E-state index >= 15 is 0 Å². The van der Waals surface area contributed by atoms with Gasteiger partial charge in [0.1, 0.15) is 5.69 Å². The number of aryl methyl sites for hydroxylation is 2. The van der Waals surface area contributed by atoms with Crippen LogP contribution < -0.4 is 4.72 Å². The van der Waals surface area contributed by atoms with E-state index in [1.165, 1.54) is 6.20 Å². The summed E-state index contributed by atoms with van der Waals surface area (Å²) in [5.41, 5.74) is 0.312. The molecule has 2 aromatic heterocycles. The van der Waals surface area contributed by atoms with Crippen LogP contribution in [0.3, 0.4) is 0 Å². The minimum Gasteiger partial charge on any atom is -0.360 e. The van der Waals surface area contributed by atoms with Crippen LogP contribution in [0.1, 0.15) is 11.5 Å². The van der Waals surface area contributed by atoms with Gasteiger partial charge in [-0.3, -0.25) is 4.72 Å². The van der Waals surface area contributed by atoms with Crippen LogP contribution >= 0.6 is 15.9 Å². The zero-order chi connectivity index (χ0) is 13.3. The summed E-state index contributed by atoms with van der Waals surface area (Å²) in [4.78, 5) is 3.99. The van der Waals surface area contributed by atoms with Crippen molar-refractivity contribution in [3.8, 4) is 0 Å². The molecule has 96 valence electrons. The van der Waals surface area contributed by atoms with Gasteiger partial charge in [-0.25, -0.2) is 13.4 Å². The number of nitrogens with zero attached hydrogens (tertiary/aromatic N) is 2. The van der Waals surface area contributed by atoms with Crippen molar-refractivity contribution in [3.63, 3.8) is 0 Å². The third kappa shape index (κ3) is 2.39. The predicted octanol–water partition coefficient (Wildman–Crippen LogP) is 2.25. The maximum atomic E-state index is 12.2. The summed E-state index contributed by atoms with van der Waals surface area (Å²) < 4.78 is 32.2. The highest BCUT2D eigenvalue weighted by atomic mass is 79.9. The van der Waals surface area contributed by atoms with Crippen LogP contribution in [0.5, 0.6) is 0 Å². The smallest absolute Gasteiger partial charge is 0.268 e. The summed E-state index contributed by atoms with van der Waals surface area (Å²) in [6, 6.07) is 3.38. The van der Waals surface area contributed by atoms with Crippen molar-refractivity contribution in [2.24, 2.45) is 0 Å². The molecule has 0 aliphatic heterocycles. The summed E-state index contributed by atoms with van der Waals surface area (Å²) in [5, 5.41) is 3.62. The molecule has 0 amide bonds. The predicted molar refractivity (Wildman–Crippen MR) is 68.7 cm³/mol. The summed E-state index contributed by atoms with van der Waals surface area (Å²) in [6.45, 7) is 3.11. The second-order valence-corrected chi connectivity index (χ2v) is 6.07. The van der Waals surface area contributed by atoms with E-state index in [9.17, 15) is 8.42 Å². The Kier molecular flexibility index (Phi) is 3.40. The van der Waals surface area contributed by atoms with Crippen LogP contribution in [0.4, 0.5) is 5.82 Å². The zero-order valence-corrected chi connectivity index (χ0v) is 12.0. The van der Waals surface area contributed by atoms with Crippen molar-refractivity contribution in [2.75, 3.05) is 4.72 Å². The van der Waals surface area contributed by atoms with Gasteiger partial charge >= 0.3 is 0 Å². The van der Waals surface area contributed by atoms with Crippen molar-refractivity contribution in [2.45, 2.75) is 18.7 Å². The lowest BCUT2D eigenvalue weighted by molar-refractivity contribution is 0.390. The van der Waals surface area contributed by atoms with E-state index in [1.807, 2.05) is 0 Å². The van der Waals surface area contributed by atoms with Gasteiger partial charge in [0.05, 0.1) is 4.47 Å². The number of sulfonamides is 1. The number of anilines is 1. The number of hydrogen-bond donors (Lipinski definition) is 1. The van der Waals surface area contributed by atoms with Crippen molar-refractivity contribution >= 4 is 31.8 Å². The Hall–Kier alpha value is -1.41.